The van der Waals surface area contributed by atoms with E-state index in [0.717, 1.165) is 5.56 Å². The largest absolute Gasteiger partial charge is 0.508 e. The third kappa shape index (κ3) is 2.25. The highest BCUT2D eigenvalue weighted by Crippen LogP contribution is 2.35. The fourth-order valence-corrected chi connectivity index (χ4v) is 4.09. The van der Waals surface area contributed by atoms with Crippen molar-refractivity contribution in [3.05, 3.63) is 47.0 Å². The molecule has 0 unspecified atom stereocenters. The van der Waals surface area contributed by atoms with E-state index in [9.17, 15) is 18.6 Å². The van der Waals surface area contributed by atoms with Crippen molar-refractivity contribution in [1.82, 2.24) is 0 Å². The molecule has 2 aromatic carbocycles. The van der Waals surface area contributed by atoms with E-state index in [4.69, 9.17) is 0 Å². The summed E-state index contributed by atoms with van der Waals surface area (Å²) in [6.45, 7) is 4.95. The lowest BCUT2D eigenvalue weighted by Gasteiger charge is -2.13. The second-order valence-corrected chi connectivity index (χ2v) is 6.69. The van der Waals surface area contributed by atoms with Gasteiger partial charge in [-0.3, -0.25) is 0 Å². The van der Waals surface area contributed by atoms with Crippen LogP contribution >= 0.6 is 0 Å². The molecular formula is C15H16O4S. The van der Waals surface area contributed by atoms with Gasteiger partial charge in [-0.25, -0.2) is 8.42 Å². The van der Waals surface area contributed by atoms with Gasteiger partial charge >= 0.3 is 0 Å². The van der Waals surface area contributed by atoms with Gasteiger partial charge in [-0.15, -0.1) is 0 Å². The van der Waals surface area contributed by atoms with Crippen LogP contribution in [0.1, 0.15) is 16.7 Å². The Morgan fingerprint density at radius 1 is 0.950 bits per heavy atom. The van der Waals surface area contributed by atoms with E-state index in [-0.39, 0.29) is 26.9 Å². The zero-order valence-corrected chi connectivity index (χ0v) is 12.3. The summed E-state index contributed by atoms with van der Waals surface area (Å²) >= 11 is 0. The van der Waals surface area contributed by atoms with Crippen LogP contribution in [0.3, 0.4) is 0 Å². The van der Waals surface area contributed by atoms with Crippen LogP contribution in [0.2, 0.25) is 0 Å². The summed E-state index contributed by atoms with van der Waals surface area (Å²) in [6.07, 6.45) is 0. The minimum atomic E-state index is -3.88. The molecule has 0 saturated carbocycles. The normalized spacial score (nSPS) is 11.6. The molecule has 20 heavy (non-hydrogen) atoms. The van der Waals surface area contributed by atoms with Crippen molar-refractivity contribution >= 4 is 9.84 Å². The first-order valence-electron chi connectivity index (χ1n) is 6.09. The van der Waals surface area contributed by atoms with Crippen LogP contribution in [-0.4, -0.2) is 18.6 Å². The molecule has 0 atom stereocenters. The van der Waals surface area contributed by atoms with Gasteiger partial charge in [-0.1, -0.05) is 12.1 Å². The Hall–Kier alpha value is -2.01. The number of hydrogen-bond acceptors (Lipinski definition) is 4. The minimum absolute atomic E-state index is 0.000229. The molecule has 2 rings (SSSR count). The maximum atomic E-state index is 12.7. The molecule has 0 aliphatic heterocycles. The summed E-state index contributed by atoms with van der Waals surface area (Å²) in [5, 5.41) is 19.7. The molecule has 0 bridgehead atoms. The number of benzene rings is 2. The van der Waals surface area contributed by atoms with Crippen molar-refractivity contribution in [2.24, 2.45) is 0 Å². The van der Waals surface area contributed by atoms with Gasteiger partial charge in [0.15, 0.2) is 0 Å². The Balaban J connectivity index is 2.77. The fourth-order valence-electron chi connectivity index (χ4n) is 2.29. The van der Waals surface area contributed by atoms with Crippen LogP contribution in [0.5, 0.6) is 11.5 Å². The number of phenolic OH excluding ortho intramolecular Hbond substituents is 2. The van der Waals surface area contributed by atoms with Crippen LogP contribution in [0.25, 0.3) is 0 Å². The molecule has 0 spiro atoms. The molecule has 0 amide bonds. The zero-order chi connectivity index (χ0) is 15.1. The highest BCUT2D eigenvalue weighted by atomic mass is 32.2. The van der Waals surface area contributed by atoms with Crippen molar-refractivity contribution in [2.75, 3.05) is 0 Å². The van der Waals surface area contributed by atoms with E-state index in [0.29, 0.717) is 5.56 Å². The van der Waals surface area contributed by atoms with E-state index >= 15 is 0 Å². The van der Waals surface area contributed by atoms with Crippen molar-refractivity contribution in [3.8, 4) is 11.5 Å². The van der Waals surface area contributed by atoms with Crippen LogP contribution in [0.15, 0.2) is 40.1 Å². The second kappa shape index (κ2) is 4.83. The first-order chi connectivity index (χ1) is 9.25. The van der Waals surface area contributed by atoms with E-state index in [1.165, 1.54) is 31.2 Å². The minimum Gasteiger partial charge on any atom is -0.508 e. The first-order valence-corrected chi connectivity index (χ1v) is 7.57. The Morgan fingerprint density at radius 3 is 2.20 bits per heavy atom. The standard InChI is InChI=1S/C15H16O4S/c1-9-7-10(2)15(13(17)8-9)20(18,19)14-6-4-5-12(16)11(14)3/h4-8,16-17H,1-3H3. The Kier molecular flexibility index (Phi) is 3.48. The van der Waals surface area contributed by atoms with Crippen molar-refractivity contribution in [1.29, 1.82) is 0 Å². The quantitative estimate of drug-likeness (QED) is 0.892. The van der Waals surface area contributed by atoms with Crippen LogP contribution in [0.4, 0.5) is 0 Å². The topological polar surface area (TPSA) is 74.6 Å². The molecule has 4 nitrogen and oxygen atoms in total. The monoisotopic (exact) mass is 292 g/mol. The highest BCUT2D eigenvalue weighted by molar-refractivity contribution is 7.91. The number of phenols is 2. The highest BCUT2D eigenvalue weighted by Gasteiger charge is 2.26. The van der Waals surface area contributed by atoms with E-state index in [2.05, 4.69) is 0 Å². The molecule has 0 saturated heterocycles. The lowest BCUT2D eigenvalue weighted by atomic mass is 10.1. The molecule has 106 valence electrons. The van der Waals surface area contributed by atoms with Crippen molar-refractivity contribution < 1.29 is 18.6 Å². The molecular weight excluding hydrogens is 276 g/mol. The van der Waals surface area contributed by atoms with E-state index in [1.807, 2.05) is 0 Å². The molecule has 0 heterocycles. The smallest absolute Gasteiger partial charge is 0.210 e. The maximum Gasteiger partial charge on any atom is 0.210 e. The predicted octanol–water partition coefficient (Wildman–Crippen LogP) is 2.86. The summed E-state index contributed by atoms with van der Waals surface area (Å²) in [5.41, 5.74) is 1.53. The third-order valence-electron chi connectivity index (χ3n) is 3.21. The summed E-state index contributed by atoms with van der Waals surface area (Å²) in [6, 6.07) is 7.43. The summed E-state index contributed by atoms with van der Waals surface area (Å²) < 4.78 is 25.4. The first kappa shape index (κ1) is 14.4. The molecule has 0 aromatic heterocycles. The number of hydrogen-bond donors (Lipinski definition) is 2. The predicted molar refractivity (Wildman–Crippen MR) is 75.9 cm³/mol. The average molecular weight is 292 g/mol. The molecule has 2 aromatic rings. The second-order valence-electron chi connectivity index (χ2n) is 4.83. The summed E-state index contributed by atoms with van der Waals surface area (Å²) in [5.74, 6) is -0.361. The summed E-state index contributed by atoms with van der Waals surface area (Å²) in [7, 11) is -3.88. The van der Waals surface area contributed by atoms with Gasteiger partial charge in [0.2, 0.25) is 9.84 Å². The SMILES string of the molecule is Cc1cc(C)c(S(=O)(=O)c2cccc(O)c2C)c(O)c1. The third-order valence-corrected chi connectivity index (χ3v) is 5.30. The lowest BCUT2D eigenvalue weighted by Crippen LogP contribution is -2.07. The Morgan fingerprint density at radius 2 is 1.60 bits per heavy atom. The fraction of sp³-hybridized carbons (Fsp3) is 0.200. The van der Waals surface area contributed by atoms with Crippen LogP contribution < -0.4 is 0 Å². The van der Waals surface area contributed by atoms with Gasteiger partial charge in [0, 0.05) is 5.56 Å². The summed E-state index contributed by atoms with van der Waals surface area (Å²) in [4.78, 5) is -0.114. The van der Waals surface area contributed by atoms with Crippen molar-refractivity contribution in [2.45, 2.75) is 30.6 Å². The number of sulfone groups is 1. The Labute approximate surface area is 118 Å². The van der Waals surface area contributed by atoms with Gasteiger partial charge < -0.3 is 10.2 Å². The molecule has 0 aliphatic rings. The van der Waals surface area contributed by atoms with E-state index < -0.39 is 9.84 Å². The van der Waals surface area contributed by atoms with Crippen LogP contribution in [-0.2, 0) is 9.84 Å². The van der Waals surface area contributed by atoms with Gasteiger partial charge in [-0.05, 0) is 50.1 Å². The lowest BCUT2D eigenvalue weighted by molar-refractivity contribution is 0.456. The van der Waals surface area contributed by atoms with E-state index in [1.54, 1.807) is 19.9 Å². The molecule has 0 aliphatic carbocycles. The zero-order valence-electron chi connectivity index (χ0n) is 11.5. The van der Waals surface area contributed by atoms with Crippen molar-refractivity contribution in [3.63, 3.8) is 0 Å². The van der Waals surface area contributed by atoms with Gasteiger partial charge in [0.1, 0.15) is 16.4 Å². The Bertz CT molecular complexity index is 753. The average Bonchev–Trinajstić information content (AvgIpc) is 2.30. The van der Waals surface area contributed by atoms with Gasteiger partial charge in [0.25, 0.3) is 0 Å². The number of rotatable bonds is 2. The number of aryl methyl sites for hydroxylation is 2. The van der Waals surface area contributed by atoms with Crippen LogP contribution in [0, 0.1) is 20.8 Å². The molecule has 0 fully saturated rings. The molecule has 2 N–H and O–H groups in total. The number of aromatic hydroxyl groups is 2. The molecule has 5 heteroatoms. The van der Waals surface area contributed by atoms with Gasteiger partial charge in [-0.2, -0.15) is 0 Å². The maximum absolute atomic E-state index is 12.7. The molecule has 0 radical (unpaired) electrons. The van der Waals surface area contributed by atoms with Gasteiger partial charge in [0.05, 0.1) is 4.90 Å².